The summed E-state index contributed by atoms with van der Waals surface area (Å²) in [5.41, 5.74) is 7.99. The standard InChI is InChI=1S/C46H32N4OS/c1-3-14-28(15-4-2)44-47-45(29-16-6-5-7-17-29)49-46(48-44)30-24-26-31(27-25-30)50-35-21-11-8-18-32(35)40-41(50)42-38(33-19-9-12-22-36(33)51-42)39-34-20-10-13-23-37(34)52-43(39)40/h3-27,45H,1H2,2H3,(H,47,48,49)/b15-4-,28-14+. The number of rotatable bonds is 6. The summed E-state index contributed by atoms with van der Waals surface area (Å²) in [4.78, 5) is 10.1. The molecule has 1 atom stereocenters. The second-order valence-electron chi connectivity index (χ2n) is 13.0. The number of furan rings is 1. The summed E-state index contributed by atoms with van der Waals surface area (Å²) in [7, 11) is 0. The molecular formula is C46H32N4OS. The van der Waals surface area contributed by atoms with E-state index in [0.29, 0.717) is 5.84 Å². The minimum absolute atomic E-state index is 0.288. The Labute approximate surface area is 303 Å². The van der Waals surface area contributed by atoms with Gasteiger partial charge < -0.3 is 14.3 Å². The van der Waals surface area contributed by atoms with E-state index in [-0.39, 0.29) is 6.17 Å². The molecule has 0 radical (unpaired) electrons. The Balaban J connectivity index is 1.20. The molecule has 0 fully saturated rings. The zero-order chi connectivity index (χ0) is 34.8. The lowest BCUT2D eigenvalue weighted by atomic mass is 10.0. The highest BCUT2D eigenvalue weighted by Crippen LogP contribution is 2.50. The molecule has 10 rings (SSSR count). The molecule has 1 aliphatic rings. The van der Waals surface area contributed by atoms with Crippen molar-refractivity contribution in [1.82, 2.24) is 9.88 Å². The summed E-state index contributed by atoms with van der Waals surface area (Å²) in [6, 6.07) is 44.8. The maximum atomic E-state index is 6.85. The number of aromatic nitrogens is 1. The first-order valence-corrected chi connectivity index (χ1v) is 18.3. The maximum absolute atomic E-state index is 6.85. The molecule has 0 saturated heterocycles. The van der Waals surface area contributed by atoms with Gasteiger partial charge in [0.2, 0.25) is 0 Å². The SMILES string of the molecule is C=C/C=C(\C=C/C)C1=NC(c2ccccc2)NC(c2ccc(-n3c4ccccc4c4c5sc6ccccc6c5c5c6ccccc6oc5c43)cc2)=N1. The third-order valence-electron chi connectivity index (χ3n) is 9.92. The van der Waals surface area contributed by atoms with Gasteiger partial charge in [0.1, 0.15) is 17.6 Å². The van der Waals surface area contributed by atoms with E-state index in [0.717, 1.165) is 55.8 Å². The van der Waals surface area contributed by atoms with Crippen LogP contribution in [0.3, 0.4) is 0 Å². The van der Waals surface area contributed by atoms with Crippen molar-refractivity contribution in [2.45, 2.75) is 13.1 Å². The highest BCUT2D eigenvalue weighted by molar-refractivity contribution is 7.27. The van der Waals surface area contributed by atoms with E-state index in [9.17, 15) is 0 Å². The first-order valence-electron chi connectivity index (χ1n) is 17.4. The van der Waals surface area contributed by atoms with E-state index in [1.165, 1.54) is 36.3 Å². The van der Waals surface area contributed by atoms with Crippen molar-refractivity contribution in [2.24, 2.45) is 9.98 Å². The van der Waals surface area contributed by atoms with Crippen LogP contribution in [0, 0.1) is 0 Å². The van der Waals surface area contributed by atoms with Gasteiger partial charge >= 0.3 is 0 Å². The fraction of sp³-hybridized carbons (Fsp3) is 0.0435. The van der Waals surface area contributed by atoms with Crippen molar-refractivity contribution in [3.05, 3.63) is 175 Å². The van der Waals surface area contributed by atoms with Crippen LogP contribution in [0.2, 0.25) is 0 Å². The van der Waals surface area contributed by atoms with Gasteiger partial charge in [-0.25, -0.2) is 9.98 Å². The summed E-state index contributed by atoms with van der Waals surface area (Å²) >= 11 is 1.86. The van der Waals surface area contributed by atoms with Gasteiger partial charge in [-0.15, -0.1) is 11.3 Å². The third-order valence-corrected chi connectivity index (χ3v) is 11.1. The zero-order valence-electron chi connectivity index (χ0n) is 28.4. The number of benzene rings is 6. The number of nitrogens with one attached hydrogen (secondary N) is 1. The second-order valence-corrected chi connectivity index (χ2v) is 14.0. The van der Waals surface area contributed by atoms with Crippen LogP contribution >= 0.6 is 11.3 Å². The number of fused-ring (bicyclic) bond motifs is 12. The van der Waals surface area contributed by atoms with Crippen molar-refractivity contribution < 1.29 is 4.42 Å². The van der Waals surface area contributed by atoms with Crippen LogP contribution in [0.5, 0.6) is 0 Å². The molecule has 6 aromatic carbocycles. The van der Waals surface area contributed by atoms with Crippen LogP contribution in [0.1, 0.15) is 24.2 Å². The van der Waals surface area contributed by atoms with Crippen LogP contribution in [0.4, 0.5) is 0 Å². The highest BCUT2D eigenvalue weighted by atomic mass is 32.1. The molecule has 4 heterocycles. The van der Waals surface area contributed by atoms with E-state index in [2.05, 4.69) is 120 Å². The van der Waals surface area contributed by atoms with Gasteiger partial charge in [-0.3, -0.25) is 0 Å². The number of amidine groups is 2. The van der Waals surface area contributed by atoms with Gasteiger partial charge in [-0.05, 0) is 55.0 Å². The minimum atomic E-state index is -0.288. The normalized spacial score (nSPS) is 15.3. The Bertz CT molecular complexity index is 3010. The van der Waals surface area contributed by atoms with Crippen LogP contribution in [-0.4, -0.2) is 16.2 Å². The van der Waals surface area contributed by atoms with Crippen molar-refractivity contribution in [3.8, 4) is 5.69 Å². The summed E-state index contributed by atoms with van der Waals surface area (Å²) in [6.45, 7) is 5.93. The Kier molecular flexibility index (Phi) is 7.05. The average molecular weight is 689 g/mol. The lowest BCUT2D eigenvalue weighted by Gasteiger charge is -2.24. The monoisotopic (exact) mass is 688 g/mol. The molecule has 6 heteroatoms. The Morgan fingerprint density at radius 3 is 2.33 bits per heavy atom. The lowest BCUT2D eigenvalue weighted by Crippen LogP contribution is -2.33. The molecule has 9 aromatic rings. The van der Waals surface area contributed by atoms with Crippen LogP contribution in [-0.2, 0) is 0 Å². The number of nitrogens with zero attached hydrogens (tertiary/aromatic N) is 3. The molecule has 1 aliphatic heterocycles. The number of allylic oxidation sites excluding steroid dienone is 3. The summed E-state index contributed by atoms with van der Waals surface area (Å²) in [5.74, 6) is 1.42. The quantitative estimate of drug-likeness (QED) is 0.177. The van der Waals surface area contributed by atoms with Crippen molar-refractivity contribution in [3.63, 3.8) is 0 Å². The molecule has 3 aromatic heterocycles. The third kappa shape index (κ3) is 4.61. The van der Waals surface area contributed by atoms with E-state index < -0.39 is 0 Å². The number of hydrogen-bond donors (Lipinski definition) is 1. The van der Waals surface area contributed by atoms with Gasteiger partial charge in [0, 0.05) is 58.5 Å². The fourth-order valence-electron chi connectivity index (χ4n) is 7.69. The Morgan fingerprint density at radius 1 is 0.788 bits per heavy atom. The van der Waals surface area contributed by atoms with Gasteiger partial charge in [0.05, 0.1) is 11.0 Å². The second kappa shape index (κ2) is 12.1. The van der Waals surface area contributed by atoms with E-state index in [1.54, 1.807) is 6.08 Å². The van der Waals surface area contributed by atoms with Crippen molar-refractivity contribution in [2.75, 3.05) is 0 Å². The Morgan fingerprint density at radius 2 is 1.52 bits per heavy atom. The fourth-order valence-corrected chi connectivity index (χ4v) is 8.96. The highest BCUT2D eigenvalue weighted by Gasteiger charge is 2.26. The molecule has 0 amide bonds. The number of hydrogen-bond acceptors (Lipinski definition) is 5. The Hall–Kier alpha value is -6.50. The average Bonchev–Trinajstić information content (AvgIpc) is 3.88. The molecule has 1 N–H and O–H groups in total. The van der Waals surface area contributed by atoms with Gasteiger partial charge in [0.15, 0.2) is 11.4 Å². The topological polar surface area (TPSA) is 54.8 Å². The molecule has 0 spiro atoms. The van der Waals surface area contributed by atoms with Crippen molar-refractivity contribution >= 4 is 86.9 Å². The number of para-hydroxylation sites is 2. The molecule has 0 aliphatic carbocycles. The number of aliphatic imine (C=N–C) groups is 2. The zero-order valence-corrected chi connectivity index (χ0v) is 29.2. The summed E-state index contributed by atoms with van der Waals surface area (Å²) in [5, 5.41) is 10.9. The molecule has 0 bridgehead atoms. The van der Waals surface area contributed by atoms with Crippen LogP contribution in [0.25, 0.3) is 69.6 Å². The van der Waals surface area contributed by atoms with Crippen LogP contribution < -0.4 is 5.32 Å². The molecular weight excluding hydrogens is 657 g/mol. The molecule has 52 heavy (non-hydrogen) atoms. The molecule has 0 saturated carbocycles. The summed E-state index contributed by atoms with van der Waals surface area (Å²) < 4.78 is 11.8. The van der Waals surface area contributed by atoms with Gasteiger partial charge in [-0.2, -0.15) is 0 Å². The van der Waals surface area contributed by atoms with E-state index >= 15 is 0 Å². The molecule has 1 unspecified atom stereocenters. The molecule has 248 valence electrons. The predicted molar refractivity (Wildman–Crippen MR) is 220 cm³/mol. The van der Waals surface area contributed by atoms with Crippen LogP contribution in [0.15, 0.2) is 178 Å². The summed E-state index contributed by atoms with van der Waals surface area (Å²) in [6.07, 6.45) is 7.46. The maximum Gasteiger partial charge on any atom is 0.160 e. The van der Waals surface area contributed by atoms with Crippen molar-refractivity contribution in [1.29, 1.82) is 0 Å². The van der Waals surface area contributed by atoms with E-state index in [1.807, 2.05) is 60.8 Å². The first kappa shape index (κ1) is 30.3. The van der Waals surface area contributed by atoms with Gasteiger partial charge in [0.25, 0.3) is 0 Å². The first-order chi connectivity index (χ1) is 25.7. The smallest absolute Gasteiger partial charge is 0.160 e. The predicted octanol–water partition coefficient (Wildman–Crippen LogP) is 12.2. The minimum Gasteiger partial charge on any atom is -0.454 e. The van der Waals surface area contributed by atoms with Gasteiger partial charge in [-0.1, -0.05) is 116 Å². The molecule has 5 nitrogen and oxygen atoms in total. The van der Waals surface area contributed by atoms with E-state index in [4.69, 9.17) is 14.4 Å². The largest absolute Gasteiger partial charge is 0.454 e. The number of thiophene rings is 1. The lowest BCUT2D eigenvalue weighted by molar-refractivity contribution is 0.671.